The van der Waals surface area contributed by atoms with Gasteiger partial charge in [-0.05, 0) is 25.0 Å². The minimum absolute atomic E-state index is 0.618. The van der Waals surface area contributed by atoms with Crippen LogP contribution in [0.4, 0.5) is 5.69 Å². The van der Waals surface area contributed by atoms with E-state index in [0.717, 1.165) is 22.9 Å². The first-order valence-corrected chi connectivity index (χ1v) is 5.51. The number of hydrogen-bond donors (Lipinski definition) is 1. The molecule has 1 aromatic heterocycles. The van der Waals surface area contributed by atoms with Crippen LogP contribution in [0.5, 0.6) is 0 Å². The Morgan fingerprint density at radius 3 is 2.81 bits per heavy atom. The lowest BCUT2D eigenvalue weighted by atomic mass is 10.2. The van der Waals surface area contributed by atoms with Crippen molar-refractivity contribution in [3.05, 3.63) is 30.1 Å². The first-order chi connectivity index (χ1) is 7.75. The fraction of sp³-hybridized carbons (Fsp3) is 0.333. The molecule has 0 spiro atoms. The quantitative estimate of drug-likeness (QED) is 0.777. The van der Waals surface area contributed by atoms with Gasteiger partial charge in [-0.15, -0.1) is 10.2 Å². The van der Waals surface area contributed by atoms with E-state index >= 15 is 0 Å². The highest BCUT2D eigenvalue weighted by Gasteiger charge is 2.29. The number of hydrogen-bond acceptors (Lipinski definition) is 3. The number of anilines is 1. The molecule has 0 bridgehead atoms. The summed E-state index contributed by atoms with van der Waals surface area (Å²) in [6.45, 7) is 0. The number of nitrogens with two attached hydrogens (primary N) is 1. The maximum atomic E-state index is 5.77. The molecule has 3 rings (SSSR count). The minimum Gasteiger partial charge on any atom is -0.399 e. The van der Waals surface area contributed by atoms with Crippen molar-refractivity contribution in [3.63, 3.8) is 0 Å². The van der Waals surface area contributed by atoms with Gasteiger partial charge in [-0.2, -0.15) is 0 Å². The molecule has 1 fully saturated rings. The zero-order chi connectivity index (χ0) is 11.1. The fourth-order valence-corrected chi connectivity index (χ4v) is 1.97. The molecule has 0 radical (unpaired) electrons. The second-order valence-corrected chi connectivity index (χ2v) is 4.34. The van der Waals surface area contributed by atoms with Gasteiger partial charge in [-0.25, -0.2) is 0 Å². The van der Waals surface area contributed by atoms with Gasteiger partial charge in [-0.3, -0.25) is 0 Å². The predicted molar refractivity (Wildman–Crippen MR) is 62.8 cm³/mol. The molecular formula is C12H14N4. The Morgan fingerprint density at radius 1 is 1.31 bits per heavy atom. The first-order valence-electron chi connectivity index (χ1n) is 5.51. The van der Waals surface area contributed by atoms with Crippen molar-refractivity contribution >= 4 is 5.69 Å². The Balaban J connectivity index is 2.06. The van der Waals surface area contributed by atoms with Crippen LogP contribution < -0.4 is 5.73 Å². The summed E-state index contributed by atoms with van der Waals surface area (Å²) in [5.74, 6) is 2.61. The van der Waals surface area contributed by atoms with Crippen LogP contribution in [-0.4, -0.2) is 14.8 Å². The molecule has 1 heterocycles. The molecule has 1 aromatic carbocycles. The molecule has 16 heavy (non-hydrogen) atoms. The second-order valence-electron chi connectivity index (χ2n) is 4.34. The van der Waals surface area contributed by atoms with Gasteiger partial charge in [0, 0.05) is 24.2 Å². The first kappa shape index (κ1) is 9.39. The van der Waals surface area contributed by atoms with Crippen molar-refractivity contribution in [2.45, 2.75) is 18.8 Å². The standard InChI is InChI=1S/C12H14N4/c1-16-11(8-5-6-8)14-15-12(16)9-3-2-4-10(13)7-9/h2-4,7-8H,5-6,13H2,1H3. The maximum Gasteiger partial charge on any atom is 0.163 e. The monoisotopic (exact) mass is 214 g/mol. The highest BCUT2D eigenvalue weighted by molar-refractivity contribution is 5.61. The van der Waals surface area contributed by atoms with Crippen LogP contribution in [0, 0.1) is 0 Å². The summed E-state index contributed by atoms with van der Waals surface area (Å²) in [4.78, 5) is 0. The van der Waals surface area contributed by atoms with E-state index in [1.54, 1.807) is 0 Å². The number of benzene rings is 1. The van der Waals surface area contributed by atoms with Crippen LogP contribution in [0.1, 0.15) is 24.6 Å². The third-order valence-corrected chi connectivity index (χ3v) is 3.00. The Kier molecular flexibility index (Phi) is 1.96. The van der Waals surface area contributed by atoms with Crippen molar-refractivity contribution in [1.82, 2.24) is 14.8 Å². The van der Waals surface area contributed by atoms with E-state index < -0.39 is 0 Å². The van der Waals surface area contributed by atoms with Crippen molar-refractivity contribution in [2.24, 2.45) is 7.05 Å². The highest BCUT2D eigenvalue weighted by atomic mass is 15.3. The van der Waals surface area contributed by atoms with E-state index in [1.807, 2.05) is 31.3 Å². The smallest absolute Gasteiger partial charge is 0.163 e. The van der Waals surface area contributed by atoms with Gasteiger partial charge >= 0.3 is 0 Å². The van der Waals surface area contributed by atoms with E-state index in [0.29, 0.717) is 5.92 Å². The van der Waals surface area contributed by atoms with Gasteiger partial charge in [0.25, 0.3) is 0 Å². The molecule has 0 atom stereocenters. The van der Waals surface area contributed by atoms with Crippen molar-refractivity contribution in [1.29, 1.82) is 0 Å². The molecule has 1 saturated carbocycles. The number of nitrogens with zero attached hydrogens (tertiary/aromatic N) is 3. The van der Waals surface area contributed by atoms with Gasteiger partial charge in [-0.1, -0.05) is 12.1 Å². The third-order valence-electron chi connectivity index (χ3n) is 3.00. The summed E-state index contributed by atoms with van der Waals surface area (Å²) in [6, 6.07) is 7.76. The normalized spacial score (nSPS) is 15.3. The number of rotatable bonds is 2. The van der Waals surface area contributed by atoms with Crippen molar-refractivity contribution in [3.8, 4) is 11.4 Å². The topological polar surface area (TPSA) is 56.7 Å². The third kappa shape index (κ3) is 1.46. The number of aromatic nitrogens is 3. The molecule has 4 nitrogen and oxygen atoms in total. The fourth-order valence-electron chi connectivity index (χ4n) is 1.97. The lowest BCUT2D eigenvalue weighted by Gasteiger charge is -2.03. The van der Waals surface area contributed by atoms with Crippen LogP contribution in [0.2, 0.25) is 0 Å². The average molecular weight is 214 g/mol. The molecule has 0 unspecified atom stereocenters. The van der Waals surface area contributed by atoms with E-state index in [-0.39, 0.29) is 0 Å². The minimum atomic E-state index is 0.618. The molecule has 1 aliphatic rings. The number of nitrogen functional groups attached to an aromatic ring is 1. The van der Waals surface area contributed by atoms with Gasteiger partial charge in [0.2, 0.25) is 0 Å². The van der Waals surface area contributed by atoms with Crippen molar-refractivity contribution < 1.29 is 0 Å². The van der Waals surface area contributed by atoms with Crippen LogP contribution in [-0.2, 0) is 7.05 Å². The van der Waals surface area contributed by atoms with Crippen LogP contribution >= 0.6 is 0 Å². The van der Waals surface area contributed by atoms with Crippen LogP contribution in [0.15, 0.2) is 24.3 Å². The zero-order valence-corrected chi connectivity index (χ0v) is 9.22. The molecular weight excluding hydrogens is 200 g/mol. The summed E-state index contributed by atoms with van der Waals surface area (Å²) in [7, 11) is 2.02. The lowest BCUT2D eigenvalue weighted by Crippen LogP contribution is -1.98. The zero-order valence-electron chi connectivity index (χ0n) is 9.22. The highest BCUT2D eigenvalue weighted by Crippen LogP contribution is 2.39. The SMILES string of the molecule is Cn1c(-c2cccc(N)c2)nnc1C1CC1. The molecule has 0 amide bonds. The van der Waals surface area contributed by atoms with Crippen molar-refractivity contribution in [2.75, 3.05) is 5.73 Å². The van der Waals surface area contributed by atoms with Crippen LogP contribution in [0.25, 0.3) is 11.4 Å². The molecule has 1 aliphatic carbocycles. The summed E-state index contributed by atoms with van der Waals surface area (Å²) in [5, 5.41) is 8.50. The molecule has 0 aliphatic heterocycles. The van der Waals surface area contributed by atoms with Gasteiger partial charge < -0.3 is 10.3 Å². The second kappa shape index (κ2) is 3.33. The van der Waals surface area contributed by atoms with E-state index in [9.17, 15) is 0 Å². The van der Waals surface area contributed by atoms with Gasteiger partial charge in [0.05, 0.1) is 0 Å². The lowest BCUT2D eigenvalue weighted by molar-refractivity contribution is 0.803. The molecule has 4 heteroatoms. The van der Waals surface area contributed by atoms with E-state index in [2.05, 4.69) is 14.8 Å². The Hall–Kier alpha value is -1.84. The largest absolute Gasteiger partial charge is 0.399 e. The Bertz CT molecular complexity index is 526. The van der Waals surface area contributed by atoms with E-state index in [1.165, 1.54) is 12.8 Å². The maximum absolute atomic E-state index is 5.77. The molecule has 2 aromatic rings. The predicted octanol–water partition coefficient (Wildman–Crippen LogP) is 1.94. The molecule has 2 N–H and O–H groups in total. The average Bonchev–Trinajstić information content (AvgIpc) is 3.03. The van der Waals surface area contributed by atoms with Gasteiger partial charge in [0.1, 0.15) is 5.82 Å². The Morgan fingerprint density at radius 2 is 2.12 bits per heavy atom. The molecule has 82 valence electrons. The van der Waals surface area contributed by atoms with Gasteiger partial charge in [0.15, 0.2) is 5.82 Å². The Labute approximate surface area is 94.1 Å². The summed E-state index contributed by atoms with van der Waals surface area (Å²) >= 11 is 0. The summed E-state index contributed by atoms with van der Waals surface area (Å²) in [5.41, 5.74) is 7.55. The van der Waals surface area contributed by atoms with Crippen LogP contribution in [0.3, 0.4) is 0 Å². The summed E-state index contributed by atoms with van der Waals surface area (Å²) < 4.78 is 2.08. The summed E-state index contributed by atoms with van der Waals surface area (Å²) in [6.07, 6.45) is 2.48. The molecule has 0 saturated heterocycles. The van der Waals surface area contributed by atoms with E-state index in [4.69, 9.17) is 5.73 Å².